The van der Waals surface area contributed by atoms with E-state index in [4.69, 9.17) is 0 Å². The standard InChI is InChI=1S/C14H17F3N2/c15-12-5-9(6-13(16)14(12)17)7-18-10-3-4-19(8-10)11-1-2-11/h5-6,10-11,18H,1-4,7-8H2/t10-/m1/s1. The Kier molecular flexibility index (Phi) is 3.50. The van der Waals surface area contributed by atoms with E-state index in [2.05, 4.69) is 10.2 Å². The molecule has 1 atom stereocenters. The maximum atomic E-state index is 13.1. The van der Waals surface area contributed by atoms with Gasteiger partial charge in [-0.05, 0) is 37.0 Å². The van der Waals surface area contributed by atoms with Crippen molar-refractivity contribution in [2.45, 2.75) is 37.9 Å². The third-order valence-electron chi connectivity index (χ3n) is 3.92. The molecule has 0 aromatic heterocycles. The van der Waals surface area contributed by atoms with Gasteiger partial charge in [0.1, 0.15) is 0 Å². The minimum absolute atomic E-state index is 0.358. The Balaban J connectivity index is 1.54. The van der Waals surface area contributed by atoms with Gasteiger partial charge in [-0.15, -0.1) is 0 Å². The van der Waals surface area contributed by atoms with Gasteiger partial charge in [0, 0.05) is 31.7 Å². The summed E-state index contributed by atoms with van der Waals surface area (Å²) in [5.41, 5.74) is 0.446. The van der Waals surface area contributed by atoms with Crippen molar-refractivity contribution in [2.75, 3.05) is 13.1 Å². The summed E-state index contributed by atoms with van der Waals surface area (Å²) in [6.07, 6.45) is 3.64. The molecule has 1 aliphatic carbocycles. The quantitative estimate of drug-likeness (QED) is 0.845. The Morgan fingerprint density at radius 1 is 1.11 bits per heavy atom. The predicted octanol–water partition coefficient (Wildman–Crippen LogP) is 2.43. The highest BCUT2D eigenvalue weighted by atomic mass is 19.2. The van der Waals surface area contributed by atoms with Gasteiger partial charge in [-0.25, -0.2) is 13.2 Å². The molecule has 1 aromatic rings. The Labute approximate surface area is 110 Å². The zero-order valence-electron chi connectivity index (χ0n) is 10.6. The summed E-state index contributed by atoms with van der Waals surface area (Å²) in [6.45, 7) is 2.46. The van der Waals surface area contributed by atoms with Crippen molar-refractivity contribution < 1.29 is 13.2 Å². The van der Waals surface area contributed by atoms with E-state index in [1.807, 2.05) is 0 Å². The summed E-state index contributed by atoms with van der Waals surface area (Å²) in [7, 11) is 0. The van der Waals surface area contributed by atoms with Gasteiger partial charge < -0.3 is 5.32 Å². The molecule has 1 saturated heterocycles. The van der Waals surface area contributed by atoms with Gasteiger partial charge in [0.25, 0.3) is 0 Å². The van der Waals surface area contributed by atoms with Crippen LogP contribution in [-0.4, -0.2) is 30.1 Å². The predicted molar refractivity (Wildman–Crippen MR) is 66.2 cm³/mol. The maximum absolute atomic E-state index is 13.1. The van der Waals surface area contributed by atoms with Crippen LogP contribution in [0.5, 0.6) is 0 Å². The summed E-state index contributed by atoms with van der Waals surface area (Å²) in [4.78, 5) is 2.46. The third-order valence-corrected chi connectivity index (χ3v) is 3.92. The van der Waals surface area contributed by atoms with E-state index in [1.54, 1.807) is 0 Å². The molecule has 0 unspecified atom stereocenters. The van der Waals surface area contributed by atoms with E-state index in [0.29, 0.717) is 18.2 Å². The molecule has 1 aliphatic heterocycles. The highest BCUT2D eigenvalue weighted by Gasteiger charge is 2.34. The number of nitrogens with one attached hydrogen (secondary N) is 1. The molecule has 1 saturated carbocycles. The molecule has 1 N–H and O–H groups in total. The van der Waals surface area contributed by atoms with Crippen LogP contribution in [0.25, 0.3) is 0 Å². The first-order valence-electron chi connectivity index (χ1n) is 6.74. The molecular weight excluding hydrogens is 253 g/mol. The molecule has 2 nitrogen and oxygen atoms in total. The fourth-order valence-corrected chi connectivity index (χ4v) is 2.70. The zero-order valence-corrected chi connectivity index (χ0v) is 10.6. The molecule has 0 spiro atoms. The molecule has 2 aliphatic rings. The maximum Gasteiger partial charge on any atom is 0.194 e. The number of rotatable bonds is 4. The largest absolute Gasteiger partial charge is 0.309 e. The van der Waals surface area contributed by atoms with Gasteiger partial charge in [0.15, 0.2) is 17.5 Å². The van der Waals surface area contributed by atoms with Gasteiger partial charge in [0.2, 0.25) is 0 Å². The van der Waals surface area contributed by atoms with Crippen molar-refractivity contribution in [3.05, 3.63) is 35.1 Å². The van der Waals surface area contributed by atoms with Crippen LogP contribution < -0.4 is 5.32 Å². The molecule has 0 amide bonds. The average molecular weight is 270 g/mol. The second kappa shape index (κ2) is 5.13. The first-order valence-corrected chi connectivity index (χ1v) is 6.74. The second-order valence-corrected chi connectivity index (χ2v) is 5.47. The minimum atomic E-state index is -1.40. The van der Waals surface area contributed by atoms with Crippen LogP contribution in [0.15, 0.2) is 12.1 Å². The minimum Gasteiger partial charge on any atom is -0.309 e. The topological polar surface area (TPSA) is 15.3 Å². The van der Waals surface area contributed by atoms with Gasteiger partial charge >= 0.3 is 0 Å². The smallest absolute Gasteiger partial charge is 0.194 e. The number of nitrogens with zero attached hydrogens (tertiary/aromatic N) is 1. The Morgan fingerprint density at radius 3 is 2.42 bits per heavy atom. The number of hydrogen-bond acceptors (Lipinski definition) is 2. The molecule has 5 heteroatoms. The molecule has 0 bridgehead atoms. The van der Waals surface area contributed by atoms with E-state index >= 15 is 0 Å². The summed E-state index contributed by atoms with van der Waals surface area (Å²) >= 11 is 0. The highest BCUT2D eigenvalue weighted by Crippen LogP contribution is 2.29. The van der Waals surface area contributed by atoms with Crippen LogP contribution >= 0.6 is 0 Å². The molecule has 2 fully saturated rings. The fraction of sp³-hybridized carbons (Fsp3) is 0.571. The van der Waals surface area contributed by atoms with Crippen molar-refractivity contribution in [1.82, 2.24) is 10.2 Å². The van der Waals surface area contributed by atoms with Crippen LogP contribution in [-0.2, 0) is 6.54 Å². The lowest BCUT2D eigenvalue weighted by atomic mass is 10.2. The number of benzene rings is 1. The van der Waals surface area contributed by atoms with Crippen LogP contribution in [0.2, 0.25) is 0 Å². The van der Waals surface area contributed by atoms with Crippen molar-refractivity contribution in [1.29, 1.82) is 0 Å². The molecule has 1 aromatic carbocycles. The average Bonchev–Trinajstić information content (AvgIpc) is 3.13. The lowest BCUT2D eigenvalue weighted by Gasteiger charge is -2.16. The zero-order chi connectivity index (χ0) is 13.4. The van der Waals surface area contributed by atoms with E-state index in [9.17, 15) is 13.2 Å². The highest BCUT2D eigenvalue weighted by molar-refractivity contribution is 5.19. The Morgan fingerprint density at radius 2 is 1.79 bits per heavy atom. The van der Waals surface area contributed by atoms with Crippen LogP contribution in [0.3, 0.4) is 0 Å². The lowest BCUT2D eigenvalue weighted by Crippen LogP contribution is -2.32. The third kappa shape index (κ3) is 2.92. The van der Waals surface area contributed by atoms with Crippen LogP contribution in [0, 0.1) is 17.5 Å². The summed E-state index contributed by atoms with van der Waals surface area (Å²) < 4.78 is 39.0. The summed E-state index contributed by atoms with van der Waals surface area (Å²) in [5, 5.41) is 3.29. The molecular formula is C14H17F3N2. The monoisotopic (exact) mass is 270 g/mol. The van der Waals surface area contributed by atoms with Gasteiger partial charge in [-0.1, -0.05) is 0 Å². The first kappa shape index (κ1) is 12.9. The van der Waals surface area contributed by atoms with Crippen molar-refractivity contribution >= 4 is 0 Å². The van der Waals surface area contributed by atoms with Gasteiger partial charge in [0.05, 0.1) is 0 Å². The van der Waals surface area contributed by atoms with E-state index in [0.717, 1.165) is 37.7 Å². The molecule has 1 heterocycles. The first-order chi connectivity index (χ1) is 9.13. The lowest BCUT2D eigenvalue weighted by molar-refractivity contribution is 0.317. The van der Waals surface area contributed by atoms with Crippen molar-refractivity contribution in [2.24, 2.45) is 0 Å². The van der Waals surface area contributed by atoms with E-state index < -0.39 is 17.5 Å². The normalized spacial score (nSPS) is 24.1. The number of hydrogen-bond donors (Lipinski definition) is 1. The Bertz CT molecular complexity index is 451. The Hall–Kier alpha value is -1.07. The van der Waals surface area contributed by atoms with Crippen LogP contribution in [0.1, 0.15) is 24.8 Å². The van der Waals surface area contributed by atoms with E-state index in [1.165, 1.54) is 12.8 Å². The van der Waals surface area contributed by atoms with Crippen molar-refractivity contribution in [3.63, 3.8) is 0 Å². The summed E-state index contributed by atoms with van der Waals surface area (Å²) in [5.74, 6) is -3.64. The number of likely N-dealkylation sites (tertiary alicyclic amines) is 1. The fourth-order valence-electron chi connectivity index (χ4n) is 2.70. The van der Waals surface area contributed by atoms with E-state index in [-0.39, 0.29) is 0 Å². The molecule has 3 rings (SSSR count). The number of halogens is 3. The molecule has 19 heavy (non-hydrogen) atoms. The second-order valence-electron chi connectivity index (χ2n) is 5.47. The van der Waals surface area contributed by atoms with Gasteiger partial charge in [-0.3, -0.25) is 4.90 Å². The van der Waals surface area contributed by atoms with Gasteiger partial charge in [-0.2, -0.15) is 0 Å². The van der Waals surface area contributed by atoms with Crippen LogP contribution in [0.4, 0.5) is 13.2 Å². The summed E-state index contributed by atoms with van der Waals surface area (Å²) in [6, 6.07) is 3.22. The molecule has 0 radical (unpaired) electrons. The van der Waals surface area contributed by atoms with Crippen molar-refractivity contribution in [3.8, 4) is 0 Å². The SMILES string of the molecule is Fc1cc(CN[C@@H]2CCN(C3CC3)C2)cc(F)c1F. The molecule has 104 valence electrons.